The lowest BCUT2D eigenvalue weighted by atomic mass is 10.00. The van der Waals surface area contributed by atoms with E-state index < -0.39 is 6.04 Å². The zero-order valence-electron chi connectivity index (χ0n) is 15.0. The van der Waals surface area contributed by atoms with Crippen molar-refractivity contribution in [2.24, 2.45) is 0 Å². The van der Waals surface area contributed by atoms with Crippen molar-refractivity contribution in [1.82, 2.24) is 20.6 Å². The zero-order valence-corrected chi connectivity index (χ0v) is 15.0. The zero-order chi connectivity index (χ0) is 18.7. The molecule has 0 aliphatic carbocycles. The van der Waals surface area contributed by atoms with Crippen molar-refractivity contribution >= 4 is 17.7 Å². The minimum atomic E-state index is -0.551. The highest BCUT2D eigenvalue weighted by Crippen LogP contribution is 2.29. The van der Waals surface area contributed by atoms with E-state index in [0.29, 0.717) is 24.9 Å². The second-order valence-electron chi connectivity index (χ2n) is 6.56. The molecule has 140 valence electrons. The molecule has 0 aromatic heterocycles. The van der Waals surface area contributed by atoms with Gasteiger partial charge >= 0.3 is 6.03 Å². The fourth-order valence-electron chi connectivity index (χ4n) is 3.54. The van der Waals surface area contributed by atoms with Crippen molar-refractivity contribution in [1.29, 1.82) is 0 Å². The molecule has 26 heavy (non-hydrogen) atoms. The smallest absolute Gasteiger partial charge is 0.345 e. The summed E-state index contributed by atoms with van der Waals surface area (Å²) in [7, 11) is 3.31. The van der Waals surface area contributed by atoms with Crippen LogP contribution in [0.2, 0.25) is 0 Å². The van der Waals surface area contributed by atoms with Crippen molar-refractivity contribution in [3.63, 3.8) is 0 Å². The highest BCUT2D eigenvalue weighted by molar-refractivity contribution is 6.00. The fraction of sp³-hybridized carbons (Fsp3) is 0.500. The number of benzene rings is 1. The highest BCUT2D eigenvalue weighted by atomic mass is 16.7. The molecule has 0 unspecified atom stereocenters. The molecular weight excluding hydrogens is 336 g/mol. The normalized spacial score (nSPS) is 21.8. The summed E-state index contributed by atoms with van der Waals surface area (Å²) in [6.07, 6.45) is 1.27. The van der Waals surface area contributed by atoms with Gasteiger partial charge in [0.25, 0.3) is 0 Å². The quantitative estimate of drug-likeness (QED) is 0.693. The fourth-order valence-corrected chi connectivity index (χ4v) is 3.54. The van der Waals surface area contributed by atoms with Crippen LogP contribution in [0.3, 0.4) is 0 Å². The number of fused-ring (bicyclic) bond motifs is 2. The summed E-state index contributed by atoms with van der Waals surface area (Å²) >= 11 is 0. The van der Waals surface area contributed by atoms with Crippen LogP contribution in [0.25, 0.3) is 0 Å². The number of ketones is 1. The maximum absolute atomic E-state index is 12.5. The van der Waals surface area contributed by atoms with Crippen LogP contribution >= 0.6 is 0 Å². The number of hydroxylamine groups is 2. The molecule has 2 heterocycles. The van der Waals surface area contributed by atoms with Gasteiger partial charge in [-0.25, -0.2) is 4.79 Å². The van der Waals surface area contributed by atoms with Gasteiger partial charge in [-0.05, 0) is 25.5 Å². The van der Waals surface area contributed by atoms with Gasteiger partial charge in [-0.1, -0.05) is 24.3 Å². The highest BCUT2D eigenvalue weighted by Gasteiger charge is 2.47. The number of hydrogen-bond donors (Lipinski definition) is 2. The van der Waals surface area contributed by atoms with Crippen molar-refractivity contribution in [2.75, 3.05) is 27.2 Å². The topological polar surface area (TPSA) is 91.0 Å². The molecule has 3 amide bonds. The maximum Gasteiger partial charge on any atom is 0.345 e. The van der Waals surface area contributed by atoms with Gasteiger partial charge in [0, 0.05) is 18.7 Å². The summed E-state index contributed by atoms with van der Waals surface area (Å²) in [6.45, 7) is 1.13. The minimum Gasteiger partial charge on any atom is -0.347 e. The first kappa shape index (κ1) is 18.3. The molecule has 2 N–H and O–H groups in total. The average Bonchev–Trinajstić information content (AvgIpc) is 2.90. The number of urea groups is 1. The van der Waals surface area contributed by atoms with Crippen molar-refractivity contribution in [3.05, 3.63) is 35.4 Å². The number of hydrogen-bond acceptors (Lipinski definition) is 5. The summed E-state index contributed by atoms with van der Waals surface area (Å²) in [5.41, 5.74) is 1.64. The first-order chi connectivity index (χ1) is 12.5. The number of piperidine rings is 1. The van der Waals surface area contributed by atoms with E-state index in [1.165, 1.54) is 17.1 Å². The Kier molecular flexibility index (Phi) is 5.53. The summed E-state index contributed by atoms with van der Waals surface area (Å²) < 4.78 is 0. The lowest BCUT2D eigenvalue weighted by molar-refractivity contribution is -0.125. The van der Waals surface area contributed by atoms with Crippen molar-refractivity contribution in [3.8, 4) is 0 Å². The summed E-state index contributed by atoms with van der Waals surface area (Å²) in [4.78, 5) is 43.6. The third-order valence-electron chi connectivity index (χ3n) is 4.90. The molecule has 2 fully saturated rings. The molecule has 8 nitrogen and oxygen atoms in total. The largest absolute Gasteiger partial charge is 0.347 e. The molecule has 1 aromatic carbocycles. The Hall–Kier alpha value is -2.45. The molecule has 2 atom stereocenters. The van der Waals surface area contributed by atoms with E-state index in [-0.39, 0.29) is 30.3 Å². The Balaban J connectivity index is 1.55. The van der Waals surface area contributed by atoms with Gasteiger partial charge in [0.15, 0.2) is 5.78 Å². The second kappa shape index (κ2) is 7.84. The summed E-state index contributed by atoms with van der Waals surface area (Å²) in [6, 6.07) is 6.43. The minimum absolute atomic E-state index is 0.00527. The molecular formula is C18H24N4O4. The Morgan fingerprint density at radius 3 is 2.62 bits per heavy atom. The van der Waals surface area contributed by atoms with Gasteiger partial charge in [0.1, 0.15) is 6.04 Å². The van der Waals surface area contributed by atoms with Crippen LogP contribution in [0.5, 0.6) is 0 Å². The van der Waals surface area contributed by atoms with Crippen LogP contribution in [-0.4, -0.2) is 67.0 Å². The Morgan fingerprint density at radius 1 is 1.23 bits per heavy atom. The van der Waals surface area contributed by atoms with Crippen molar-refractivity contribution in [2.45, 2.75) is 31.5 Å². The molecule has 8 heteroatoms. The SMILES string of the molecule is CNCc1ccc(C(=O)CNC(=O)[C@@H]2CC[C@@H]3CN2C(=O)N3OC)cc1. The van der Waals surface area contributed by atoms with E-state index in [4.69, 9.17) is 4.84 Å². The van der Waals surface area contributed by atoms with Crippen LogP contribution in [-0.2, 0) is 16.2 Å². The third kappa shape index (κ3) is 3.56. The predicted molar refractivity (Wildman–Crippen MR) is 94.3 cm³/mol. The van der Waals surface area contributed by atoms with Crippen LogP contribution in [0.15, 0.2) is 24.3 Å². The number of Topliss-reactive ketones (excluding diaryl/α,β-unsaturated/α-hetero) is 1. The molecule has 0 radical (unpaired) electrons. The molecule has 0 spiro atoms. The molecule has 0 saturated carbocycles. The van der Waals surface area contributed by atoms with Crippen LogP contribution in [0.1, 0.15) is 28.8 Å². The number of carbonyl (C=O) groups is 3. The van der Waals surface area contributed by atoms with Crippen LogP contribution in [0, 0.1) is 0 Å². The maximum atomic E-state index is 12.5. The van der Waals surface area contributed by atoms with Gasteiger partial charge in [-0.15, -0.1) is 0 Å². The first-order valence-corrected chi connectivity index (χ1v) is 8.73. The molecule has 1 aromatic rings. The number of amides is 3. The van der Waals surface area contributed by atoms with Crippen LogP contribution in [0.4, 0.5) is 4.79 Å². The lowest BCUT2D eigenvalue weighted by Gasteiger charge is -2.29. The van der Waals surface area contributed by atoms with E-state index in [9.17, 15) is 14.4 Å². The Bertz CT molecular complexity index is 691. The van der Waals surface area contributed by atoms with Gasteiger partial charge in [0.2, 0.25) is 5.91 Å². The van der Waals surface area contributed by atoms with E-state index in [1.54, 1.807) is 12.1 Å². The van der Waals surface area contributed by atoms with Crippen molar-refractivity contribution < 1.29 is 19.2 Å². The van der Waals surface area contributed by atoms with Gasteiger partial charge in [-0.3, -0.25) is 14.4 Å². The van der Waals surface area contributed by atoms with Gasteiger partial charge < -0.3 is 15.5 Å². The predicted octanol–water partition coefficient (Wildman–Crippen LogP) is 0.535. The average molecular weight is 360 g/mol. The number of carbonyl (C=O) groups excluding carboxylic acids is 3. The van der Waals surface area contributed by atoms with Crippen LogP contribution < -0.4 is 10.6 Å². The number of rotatable bonds is 7. The van der Waals surface area contributed by atoms with E-state index in [1.807, 2.05) is 19.2 Å². The Labute approximate surface area is 152 Å². The second-order valence-corrected chi connectivity index (χ2v) is 6.56. The van der Waals surface area contributed by atoms with E-state index in [0.717, 1.165) is 12.1 Å². The Morgan fingerprint density at radius 2 is 1.96 bits per heavy atom. The number of nitrogens with zero attached hydrogens (tertiary/aromatic N) is 2. The molecule has 3 rings (SSSR count). The van der Waals surface area contributed by atoms with Gasteiger partial charge in [-0.2, -0.15) is 5.06 Å². The third-order valence-corrected chi connectivity index (χ3v) is 4.90. The first-order valence-electron chi connectivity index (χ1n) is 8.73. The molecule has 2 saturated heterocycles. The molecule has 2 aliphatic heterocycles. The monoisotopic (exact) mass is 360 g/mol. The standard InChI is InChI=1S/C18H24N4O4/c1-19-9-12-3-5-13(6-4-12)16(23)10-20-17(24)15-8-7-14-11-21(15)18(25)22(14)26-2/h3-6,14-15,19H,7-11H2,1-2H3,(H,20,24)/t14-,15+/m1/s1. The molecule has 2 aliphatic rings. The molecule has 2 bridgehead atoms. The lowest BCUT2D eigenvalue weighted by Crippen LogP contribution is -2.50. The van der Waals surface area contributed by atoms with E-state index in [2.05, 4.69) is 10.6 Å². The number of nitrogens with one attached hydrogen (secondary N) is 2. The summed E-state index contributed by atoms with van der Waals surface area (Å²) in [5.74, 6) is -0.454. The van der Waals surface area contributed by atoms with E-state index >= 15 is 0 Å². The van der Waals surface area contributed by atoms with Gasteiger partial charge in [0.05, 0.1) is 19.7 Å². The summed E-state index contributed by atoms with van der Waals surface area (Å²) in [5, 5.41) is 7.04.